The molecular formula is C18H21NO2S. The molecule has 3 rings (SSSR count). The lowest BCUT2D eigenvalue weighted by atomic mass is 9.98. The van der Waals surface area contributed by atoms with Gasteiger partial charge in [0, 0.05) is 6.54 Å². The number of aryl methyl sites for hydroxylation is 2. The Hall–Kier alpha value is -1.65. The molecule has 0 saturated carbocycles. The molecule has 0 spiro atoms. The third-order valence-electron chi connectivity index (χ3n) is 4.37. The number of sulfonamides is 1. The van der Waals surface area contributed by atoms with Crippen LogP contribution in [-0.4, -0.2) is 15.0 Å². The normalized spacial score (nSPS) is 17.4. The Morgan fingerprint density at radius 2 is 1.82 bits per heavy atom. The van der Waals surface area contributed by atoms with Crippen LogP contribution in [0.2, 0.25) is 0 Å². The van der Waals surface area contributed by atoms with Crippen molar-refractivity contribution in [3.8, 4) is 0 Å². The van der Waals surface area contributed by atoms with Gasteiger partial charge in [-0.25, -0.2) is 13.1 Å². The predicted molar refractivity (Wildman–Crippen MR) is 88.5 cm³/mol. The first kappa shape index (κ1) is 15.3. The van der Waals surface area contributed by atoms with Crippen molar-refractivity contribution < 1.29 is 8.42 Å². The molecule has 2 aromatic rings. The van der Waals surface area contributed by atoms with Gasteiger partial charge in [-0.2, -0.15) is 0 Å². The fourth-order valence-electron chi connectivity index (χ4n) is 3.11. The Labute approximate surface area is 132 Å². The van der Waals surface area contributed by atoms with Crippen LogP contribution in [0.1, 0.15) is 35.4 Å². The second-order valence-electron chi connectivity index (χ2n) is 5.93. The van der Waals surface area contributed by atoms with Crippen molar-refractivity contribution in [1.82, 2.24) is 4.72 Å². The quantitative estimate of drug-likeness (QED) is 0.919. The van der Waals surface area contributed by atoms with Crippen molar-refractivity contribution in [3.05, 3.63) is 65.2 Å². The van der Waals surface area contributed by atoms with Crippen molar-refractivity contribution in [2.24, 2.45) is 0 Å². The number of rotatable bonds is 5. The summed E-state index contributed by atoms with van der Waals surface area (Å²) in [6, 6.07) is 15.4. The number of hydrogen-bond donors (Lipinski definition) is 1. The number of fused-ring (bicyclic) bond motifs is 1. The highest BCUT2D eigenvalue weighted by atomic mass is 32.2. The Morgan fingerprint density at radius 1 is 1.09 bits per heavy atom. The molecule has 0 unspecified atom stereocenters. The van der Waals surface area contributed by atoms with Crippen molar-refractivity contribution in [2.75, 3.05) is 6.54 Å². The highest BCUT2D eigenvalue weighted by Crippen LogP contribution is 2.34. The van der Waals surface area contributed by atoms with Crippen LogP contribution in [0.15, 0.2) is 53.4 Å². The topological polar surface area (TPSA) is 46.2 Å². The van der Waals surface area contributed by atoms with Crippen molar-refractivity contribution in [1.29, 1.82) is 0 Å². The molecule has 0 saturated heterocycles. The van der Waals surface area contributed by atoms with E-state index in [9.17, 15) is 8.42 Å². The second kappa shape index (κ2) is 6.23. The monoisotopic (exact) mass is 315 g/mol. The van der Waals surface area contributed by atoms with Gasteiger partial charge in [0.05, 0.1) is 4.90 Å². The van der Waals surface area contributed by atoms with Gasteiger partial charge in [-0.15, -0.1) is 0 Å². The standard InChI is InChI=1S/C18H21NO2S/c1-14-6-10-17(11-7-14)22(20,21)19-13-12-16-9-8-15-4-2-3-5-18(15)16/h2-7,10-11,16,19H,8-9,12-13H2,1H3/t16-/m1/s1. The summed E-state index contributed by atoms with van der Waals surface area (Å²) in [4.78, 5) is 0.338. The van der Waals surface area contributed by atoms with Gasteiger partial charge in [0.15, 0.2) is 0 Å². The SMILES string of the molecule is Cc1ccc(S(=O)(=O)NCC[C@H]2CCc3ccccc32)cc1. The van der Waals surface area contributed by atoms with E-state index in [0.717, 1.165) is 24.8 Å². The summed E-state index contributed by atoms with van der Waals surface area (Å²) in [6.45, 7) is 2.43. The van der Waals surface area contributed by atoms with Crippen LogP contribution >= 0.6 is 0 Å². The molecule has 0 aliphatic heterocycles. The van der Waals surface area contributed by atoms with E-state index in [1.54, 1.807) is 12.1 Å². The number of hydrogen-bond acceptors (Lipinski definition) is 2. The maximum atomic E-state index is 12.3. The van der Waals surface area contributed by atoms with E-state index in [0.29, 0.717) is 17.4 Å². The first-order valence-electron chi connectivity index (χ1n) is 7.70. The summed E-state index contributed by atoms with van der Waals surface area (Å²) in [5, 5.41) is 0. The van der Waals surface area contributed by atoms with Crippen molar-refractivity contribution >= 4 is 10.0 Å². The summed E-state index contributed by atoms with van der Waals surface area (Å²) in [5.41, 5.74) is 3.85. The molecule has 3 nitrogen and oxygen atoms in total. The van der Waals surface area contributed by atoms with Gasteiger partial charge in [-0.05, 0) is 55.4 Å². The van der Waals surface area contributed by atoms with Crippen LogP contribution in [0.4, 0.5) is 0 Å². The highest BCUT2D eigenvalue weighted by Gasteiger charge is 2.22. The minimum absolute atomic E-state index is 0.338. The van der Waals surface area contributed by atoms with E-state index in [1.165, 1.54) is 11.1 Å². The maximum absolute atomic E-state index is 12.3. The number of benzene rings is 2. The van der Waals surface area contributed by atoms with E-state index >= 15 is 0 Å². The maximum Gasteiger partial charge on any atom is 0.240 e. The minimum atomic E-state index is -3.40. The zero-order chi connectivity index (χ0) is 15.6. The Balaban J connectivity index is 1.60. The molecule has 0 aromatic heterocycles. The van der Waals surface area contributed by atoms with Crippen molar-refractivity contribution in [3.63, 3.8) is 0 Å². The first-order valence-corrected chi connectivity index (χ1v) is 9.19. The van der Waals surface area contributed by atoms with Crippen LogP contribution in [0.3, 0.4) is 0 Å². The van der Waals surface area contributed by atoms with E-state index in [1.807, 2.05) is 19.1 Å². The molecule has 1 atom stereocenters. The molecule has 0 bridgehead atoms. The molecular weight excluding hydrogens is 294 g/mol. The lowest BCUT2D eigenvalue weighted by Gasteiger charge is -2.12. The lowest BCUT2D eigenvalue weighted by molar-refractivity contribution is 0.564. The van der Waals surface area contributed by atoms with Gasteiger partial charge in [-0.1, -0.05) is 42.0 Å². The molecule has 0 fully saturated rings. The Kier molecular flexibility index (Phi) is 4.32. The lowest BCUT2D eigenvalue weighted by Crippen LogP contribution is -2.25. The van der Waals surface area contributed by atoms with E-state index in [2.05, 4.69) is 29.0 Å². The summed E-state index contributed by atoms with van der Waals surface area (Å²) in [7, 11) is -3.40. The zero-order valence-electron chi connectivity index (χ0n) is 12.7. The zero-order valence-corrected chi connectivity index (χ0v) is 13.6. The largest absolute Gasteiger partial charge is 0.240 e. The van der Waals surface area contributed by atoms with E-state index in [-0.39, 0.29) is 0 Å². The molecule has 1 aliphatic rings. The van der Waals surface area contributed by atoms with Gasteiger partial charge < -0.3 is 0 Å². The Bertz CT molecular complexity index is 751. The smallest absolute Gasteiger partial charge is 0.211 e. The van der Waals surface area contributed by atoms with Crippen LogP contribution in [0.25, 0.3) is 0 Å². The van der Waals surface area contributed by atoms with Crippen molar-refractivity contribution in [2.45, 2.75) is 37.0 Å². The van der Waals surface area contributed by atoms with Crippen LogP contribution in [0.5, 0.6) is 0 Å². The molecule has 0 amide bonds. The van der Waals surface area contributed by atoms with Gasteiger partial charge in [-0.3, -0.25) is 0 Å². The minimum Gasteiger partial charge on any atom is -0.211 e. The number of nitrogens with one attached hydrogen (secondary N) is 1. The second-order valence-corrected chi connectivity index (χ2v) is 7.70. The van der Waals surface area contributed by atoms with Gasteiger partial charge in [0.1, 0.15) is 0 Å². The van der Waals surface area contributed by atoms with Gasteiger partial charge >= 0.3 is 0 Å². The van der Waals surface area contributed by atoms with Crippen LogP contribution in [0, 0.1) is 6.92 Å². The summed E-state index contributed by atoms with van der Waals surface area (Å²) in [5.74, 6) is 0.469. The fraction of sp³-hybridized carbons (Fsp3) is 0.333. The molecule has 116 valence electrons. The predicted octanol–water partition coefficient (Wildman–Crippen LogP) is 3.39. The summed E-state index contributed by atoms with van der Waals surface area (Å²) >= 11 is 0. The first-order chi connectivity index (χ1) is 10.6. The Morgan fingerprint density at radius 3 is 2.59 bits per heavy atom. The molecule has 22 heavy (non-hydrogen) atoms. The van der Waals surface area contributed by atoms with Gasteiger partial charge in [0.25, 0.3) is 0 Å². The average molecular weight is 315 g/mol. The summed E-state index contributed by atoms with van der Waals surface area (Å²) < 4.78 is 27.2. The third-order valence-corrected chi connectivity index (χ3v) is 5.85. The van der Waals surface area contributed by atoms with E-state index < -0.39 is 10.0 Å². The van der Waals surface area contributed by atoms with Crippen LogP contribution < -0.4 is 4.72 Å². The van der Waals surface area contributed by atoms with Crippen LogP contribution in [-0.2, 0) is 16.4 Å². The summed E-state index contributed by atoms with van der Waals surface area (Å²) in [6.07, 6.45) is 3.07. The molecule has 1 N–H and O–H groups in total. The average Bonchev–Trinajstić information content (AvgIpc) is 2.91. The van der Waals surface area contributed by atoms with E-state index in [4.69, 9.17) is 0 Å². The molecule has 2 aromatic carbocycles. The third kappa shape index (κ3) is 3.23. The molecule has 4 heteroatoms. The molecule has 1 aliphatic carbocycles. The molecule has 0 heterocycles. The van der Waals surface area contributed by atoms with Gasteiger partial charge in [0.2, 0.25) is 10.0 Å². The highest BCUT2D eigenvalue weighted by molar-refractivity contribution is 7.89. The molecule has 0 radical (unpaired) electrons. The fourth-order valence-corrected chi connectivity index (χ4v) is 4.16.